The van der Waals surface area contributed by atoms with E-state index in [1.54, 1.807) is 6.08 Å². The first-order valence-electron chi connectivity index (χ1n) is 3.25. The Bertz CT molecular complexity index is 218. The van der Waals surface area contributed by atoms with Gasteiger partial charge in [-0.1, -0.05) is 12.2 Å². The molecule has 0 aromatic heterocycles. The molecule has 1 aliphatic carbocycles. The zero-order valence-corrected chi connectivity index (χ0v) is 5.73. The average Bonchev–Trinajstić information content (AvgIpc) is 2.32. The van der Waals surface area contributed by atoms with E-state index in [2.05, 4.69) is 0 Å². The standard InChI is InChI=1S/C7H8O4/c8-6(9)4-2-1-3-5(4)7(10)11/h1-2,4-5H,3H2,(H,8,9)(H,10,11)/t4-,5-/m0/s1. The van der Waals surface area contributed by atoms with E-state index >= 15 is 0 Å². The van der Waals surface area contributed by atoms with Crippen LogP contribution in [0.15, 0.2) is 12.2 Å². The molecule has 0 unspecified atom stereocenters. The van der Waals surface area contributed by atoms with Gasteiger partial charge in [-0.3, -0.25) is 9.59 Å². The molecule has 60 valence electrons. The second-order valence-corrected chi connectivity index (χ2v) is 2.47. The van der Waals surface area contributed by atoms with Gasteiger partial charge in [0.2, 0.25) is 0 Å². The van der Waals surface area contributed by atoms with Gasteiger partial charge >= 0.3 is 11.9 Å². The molecule has 0 amide bonds. The summed E-state index contributed by atoms with van der Waals surface area (Å²) in [6, 6.07) is 0. The maximum absolute atomic E-state index is 10.4. The lowest BCUT2D eigenvalue weighted by Gasteiger charge is -2.08. The molecule has 0 aliphatic heterocycles. The second kappa shape index (κ2) is 2.74. The van der Waals surface area contributed by atoms with Crippen LogP contribution in [0, 0.1) is 11.8 Å². The van der Waals surface area contributed by atoms with Crippen LogP contribution >= 0.6 is 0 Å². The molecule has 4 heteroatoms. The van der Waals surface area contributed by atoms with E-state index in [4.69, 9.17) is 10.2 Å². The fourth-order valence-corrected chi connectivity index (χ4v) is 1.16. The van der Waals surface area contributed by atoms with Gasteiger partial charge in [0.15, 0.2) is 0 Å². The Labute approximate surface area is 63.1 Å². The lowest BCUT2D eigenvalue weighted by molar-refractivity contribution is -0.151. The average molecular weight is 156 g/mol. The first kappa shape index (κ1) is 7.78. The Kier molecular flexibility index (Phi) is 1.94. The molecule has 0 radical (unpaired) electrons. The summed E-state index contributed by atoms with van der Waals surface area (Å²) >= 11 is 0. The summed E-state index contributed by atoms with van der Waals surface area (Å²) in [5.41, 5.74) is 0. The van der Waals surface area contributed by atoms with E-state index in [9.17, 15) is 9.59 Å². The van der Waals surface area contributed by atoms with Crippen LogP contribution in [0.5, 0.6) is 0 Å². The van der Waals surface area contributed by atoms with Gasteiger partial charge in [0.25, 0.3) is 0 Å². The number of carboxylic acids is 2. The molecule has 0 aromatic rings. The Morgan fingerprint density at radius 2 is 1.91 bits per heavy atom. The molecule has 0 heterocycles. The van der Waals surface area contributed by atoms with Gasteiger partial charge in [-0.25, -0.2) is 0 Å². The first-order valence-corrected chi connectivity index (χ1v) is 3.25. The third kappa shape index (κ3) is 1.39. The highest BCUT2D eigenvalue weighted by atomic mass is 16.4. The molecule has 0 fully saturated rings. The second-order valence-electron chi connectivity index (χ2n) is 2.47. The van der Waals surface area contributed by atoms with Gasteiger partial charge in [-0.15, -0.1) is 0 Å². The minimum Gasteiger partial charge on any atom is -0.481 e. The van der Waals surface area contributed by atoms with E-state index in [1.807, 2.05) is 0 Å². The fraction of sp³-hybridized carbons (Fsp3) is 0.429. The normalized spacial score (nSPS) is 28.7. The minimum absolute atomic E-state index is 0.326. The fourth-order valence-electron chi connectivity index (χ4n) is 1.16. The van der Waals surface area contributed by atoms with E-state index in [1.165, 1.54) is 6.08 Å². The van der Waals surface area contributed by atoms with Crippen molar-refractivity contribution < 1.29 is 19.8 Å². The van der Waals surface area contributed by atoms with Gasteiger partial charge in [-0.05, 0) is 6.42 Å². The summed E-state index contributed by atoms with van der Waals surface area (Å²) in [5, 5.41) is 17.0. The molecule has 1 aliphatic rings. The molecule has 11 heavy (non-hydrogen) atoms. The lowest BCUT2D eigenvalue weighted by atomic mass is 9.96. The maximum Gasteiger partial charge on any atom is 0.311 e. The lowest BCUT2D eigenvalue weighted by Crippen LogP contribution is -2.24. The van der Waals surface area contributed by atoms with Crippen molar-refractivity contribution in [3.63, 3.8) is 0 Å². The molecular weight excluding hydrogens is 148 g/mol. The molecule has 2 atom stereocenters. The van der Waals surface area contributed by atoms with Crippen molar-refractivity contribution in [3.05, 3.63) is 12.2 Å². The van der Waals surface area contributed by atoms with Crippen molar-refractivity contribution >= 4 is 11.9 Å². The van der Waals surface area contributed by atoms with Crippen LogP contribution in [0.2, 0.25) is 0 Å². The zero-order chi connectivity index (χ0) is 8.43. The third-order valence-electron chi connectivity index (χ3n) is 1.77. The Morgan fingerprint density at radius 3 is 2.27 bits per heavy atom. The van der Waals surface area contributed by atoms with E-state index in [0.29, 0.717) is 6.42 Å². The first-order chi connectivity index (χ1) is 5.13. The number of hydrogen-bond acceptors (Lipinski definition) is 2. The van der Waals surface area contributed by atoms with Gasteiger partial charge in [0, 0.05) is 0 Å². The number of carboxylic acid groups (broad SMARTS) is 2. The van der Waals surface area contributed by atoms with E-state index in [0.717, 1.165) is 0 Å². The Hall–Kier alpha value is -1.32. The number of hydrogen-bond donors (Lipinski definition) is 2. The maximum atomic E-state index is 10.4. The smallest absolute Gasteiger partial charge is 0.311 e. The highest BCUT2D eigenvalue weighted by Crippen LogP contribution is 2.25. The van der Waals surface area contributed by atoms with Crippen molar-refractivity contribution in [1.82, 2.24) is 0 Å². The summed E-state index contributed by atoms with van der Waals surface area (Å²) in [6.07, 6.45) is 3.35. The van der Waals surface area contributed by atoms with Crippen LogP contribution in [0.4, 0.5) is 0 Å². The number of rotatable bonds is 2. The monoisotopic (exact) mass is 156 g/mol. The summed E-state index contributed by atoms with van der Waals surface area (Å²) in [4.78, 5) is 20.8. The topological polar surface area (TPSA) is 74.6 Å². The molecular formula is C7H8O4. The highest BCUT2D eigenvalue weighted by molar-refractivity contribution is 5.82. The Balaban J connectivity index is 2.71. The Morgan fingerprint density at radius 1 is 1.27 bits per heavy atom. The van der Waals surface area contributed by atoms with Gasteiger partial charge in [0.05, 0.1) is 11.8 Å². The van der Waals surface area contributed by atoms with Crippen LogP contribution in [-0.4, -0.2) is 22.2 Å². The summed E-state index contributed by atoms with van der Waals surface area (Å²) in [6.45, 7) is 0. The van der Waals surface area contributed by atoms with E-state index in [-0.39, 0.29) is 0 Å². The minimum atomic E-state index is -1.06. The van der Waals surface area contributed by atoms with Crippen molar-refractivity contribution in [2.45, 2.75) is 6.42 Å². The summed E-state index contributed by atoms with van der Waals surface area (Å²) in [7, 11) is 0. The van der Waals surface area contributed by atoms with Crippen molar-refractivity contribution in [2.24, 2.45) is 11.8 Å². The van der Waals surface area contributed by atoms with Gasteiger partial charge < -0.3 is 10.2 Å². The largest absolute Gasteiger partial charge is 0.481 e. The van der Waals surface area contributed by atoms with Crippen molar-refractivity contribution in [1.29, 1.82) is 0 Å². The molecule has 0 saturated heterocycles. The third-order valence-corrected chi connectivity index (χ3v) is 1.77. The van der Waals surface area contributed by atoms with Gasteiger partial charge in [-0.2, -0.15) is 0 Å². The molecule has 0 saturated carbocycles. The molecule has 0 aromatic carbocycles. The molecule has 2 N–H and O–H groups in total. The summed E-state index contributed by atoms with van der Waals surface area (Å²) < 4.78 is 0. The highest BCUT2D eigenvalue weighted by Gasteiger charge is 2.33. The summed E-state index contributed by atoms with van der Waals surface area (Å²) in [5.74, 6) is -3.71. The van der Waals surface area contributed by atoms with Gasteiger partial charge in [0.1, 0.15) is 0 Å². The number of aliphatic carboxylic acids is 2. The quantitative estimate of drug-likeness (QED) is 0.565. The van der Waals surface area contributed by atoms with Crippen LogP contribution in [0.3, 0.4) is 0 Å². The molecule has 4 nitrogen and oxygen atoms in total. The van der Waals surface area contributed by atoms with Crippen molar-refractivity contribution in [3.8, 4) is 0 Å². The zero-order valence-electron chi connectivity index (χ0n) is 5.73. The van der Waals surface area contributed by atoms with Crippen molar-refractivity contribution in [2.75, 3.05) is 0 Å². The van der Waals surface area contributed by atoms with Crippen LogP contribution in [0.1, 0.15) is 6.42 Å². The van der Waals surface area contributed by atoms with E-state index < -0.39 is 23.8 Å². The van der Waals surface area contributed by atoms with Crippen LogP contribution < -0.4 is 0 Å². The number of allylic oxidation sites excluding steroid dienone is 1. The van der Waals surface area contributed by atoms with Crippen LogP contribution in [0.25, 0.3) is 0 Å². The molecule has 0 bridgehead atoms. The number of carbonyl (C=O) groups is 2. The predicted molar refractivity (Wildman–Crippen MR) is 36.0 cm³/mol. The van der Waals surface area contributed by atoms with Crippen LogP contribution in [-0.2, 0) is 9.59 Å². The molecule has 0 spiro atoms. The molecule has 1 rings (SSSR count). The predicted octanol–water partition coefficient (Wildman–Crippen LogP) is 0.348. The SMILES string of the molecule is O=C(O)[C@H]1C=CC[C@@H]1C(=O)O.